The maximum Gasteiger partial charge on any atom is 0.314 e. The fraction of sp³-hybridized carbons (Fsp3) is 0.731. The largest absolute Gasteiger partial charge is 0.423 e. The van der Waals surface area contributed by atoms with Gasteiger partial charge < -0.3 is 4.74 Å². The molecule has 0 spiro atoms. The Morgan fingerprint density at radius 3 is 2.20 bits per heavy atom. The van der Waals surface area contributed by atoms with Gasteiger partial charge in [0.1, 0.15) is 0 Å². The van der Waals surface area contributed by atoms with Crippen LogP contribution in [0.5, 0.6) is 5.75 Å². The summed E-state index contributed by atoms with van der Waals surface area (Å²) in [5.74, 6) is -2.08. The minimum absolute atomic E-state index is 0.197. The summed E-state index contributed by atoms with van der Waals surface area (Å²) in [5, 5.41) is 0. The second kappa shape index (κ2) is 13.8. The van der Waals surface area contributed by atoms with E-state index in [0.717, 1.165) is 44.9 Å². The number of ether oxygens (including phenoxy) is 1. The summed E-state index contributed by atoms with van der Waals surface area (Å²) < 4.78 is 34.1. The molecule has 0 saturated heterocycles. The number of halogens is 2. The molecule has 0 aliphatic heterocycles. The smallest absolute Gasteiger partial charge is 0.314 e. The van der Waals surface area contributed by atoms with Gasteiger partial charge in [-0.05, 0) is 56.1 Å². The molecule has 1 aliphatic rings. The third-order valence-electron chi connectivity index (χ3n) is 6.53. The van der Waals surface area contributed by atoms with Crippen LogP contribution in [0.4, 0.5) is 8.78 Å². The Hall–Kier alpha value is -1.45. The molecular formula is C26H40F2O2. The normalized spacial score (nSPS) is 19.1. The Kier molecular flexibility index (Phi) is 11.4. The van der Waals surface area contributed by atoms with Crippen LogP contribution in [-0.2, 0) is 11.2 Å². The van der Waals surface area contributed by atoms with E-state index in [1.165, 1.54) is 51.0 Å². The van der Waals surface area contributed by atoms with Crippen molar-refractivity contribution in [3.8, 4) is 5.75 Å². The van der Waals surface area contributed by atoms with Gasteiger partial charge >= 0.3 is 5.97 Å². The van der Waals surface area contributed by atoms with Gasteiger partial charge in [0.15, 0.2) is 11.6 Å². The monoisotopic (exact) mass is 422 g/mol. The molecule has 1 aromatic rings. The van der Waals surface area contributed by atoms with Crippen molar-refractivity contribution in [2.24, 2.45) is 11.8 Å². The van der Waals surface area contributed by atoms with Gasteiger partial charge in [0.05, 0.1) is 5.92 Å². The lowest BCUT2D eigenvalue weighted by molar-refractivity contribution is -0.140. The molecule has 1 aromatic carbocycles. The molecule has 0 bridgehead atoms. The molecule has 2 nitrogen and oxygen atoms in total. The van der Waals surface area contributed by atoms with Gasteiger partial charge in [-0.2, -0.15) is 4.39 Å². The van der Waals surface area contributed by atoms with Crippen LogP contribution in [0, 0.1) is 23.5 Å². The fourth-order valence-corrected chi connectivity index (χ4v) is 4.50. The summed E-state index contributed by atoms with van der Waals surface area (Å²) in [6.45, 7) is 4.38. The van der Waals surface area contributed by atoms with Crippen molar-refractivity contribution in [2.45, 2.75) is 110 Å². The van der Waals surface area contributed by atoms with Gasteiger partial charge in [0.25, 0.3) is 0 Å². The third kappa shape index (κ3) is 8.00. The van der Waals surface area contributed by atoms with Crippen LogP contribution in [0.3, 0.4) is 0 Å². The number of carbonyl (C=O) groups is 1. The summed E-state index contributed by atoms with van der Waals surface area (Å²) in [6.07, 6.45) is 15.7. The van der Waals surface area contributed by atoms with E-state index < -0.39 is 17.6 Å². The quantitative estimate of drug-likeness (QED) is 0.182. The van der Waals surface area contributed by atoms with Crippen LogP contribution < -0.4 is 4.74 Å². The number of benzene rings is 1. The number of hydrogen-bond acceptors (Lipinski definition) is 2. The van der Waals surface area contributed by atoms with Gasteiger partial charge in [-0.25, -0.2) is 4.39 Å². The zero-order chi connectivity index (χ0) is 21.8. The van der Waals surface area contributed by atoms with Crippen molar-refractivity contribution in [3.63, 3.8) is 0 Å². The lowest BCUT2D eigenvalue weighted by Crippen LogP contribution is -2.26. The fourth-order valence-electron chi connectivity index (χ4n) is 4.50. The Bertz CT molecular complexity index is 636. The first-order valence-electron chi connectivity index (χ1n) is 12.2. The summed E-state index contributed by atoms with van der Waals surface area (Å²) in [6, 6.07) is 2.98. The van der Waals surface area contributed by atoms with E-state index in [1.54, 1.807) is 6.07 Å². The topological polar surface area (TPSA) is 26.3 Å². The minimum Gasteiger partial charge on any atom is -0.423 e. The highest BCUT2D eigenvalue weighted by atomic mass is 19.2. The van der Waals surface area contributed by atoms with E-state index >= 15 is 0 Å². The van der Waals surface area contributed by atoms with Crippen LogP contribution in [0.15, 0.2) is 12.1 Å². The number of unbranched alkanes of at least 4 members (excludes halogenated alkanes) is 7. The summed E-state index contributed by atoms with van der Waals surface area (Å²) in [7, 11) is 0. The van der Waals surface area contributed by atoms with E-state index in [-0.39, 0.29) is 11.7 Å². The molecule has 170 valence electrons. The number of rotatable bonds is 13. The lowest BCUT2D eigenvalue weighted by Gasteiger charge is -2.27. The Balaban J connectivity index is 1.79. The molecular weight excluding hydrogens is 382 g/mol. The predicted octanol–water partition coefficient (Wildman–Crippen LogP) is 8.16. The van der Waals surface area contributed by atoms with E-state index in [9.17, 15) is 13.6 Å². The van der Waals surface area contributed by atoms with E-state index in [1.807, 2.05) is 0 Å². The first-order valence-corrected chi connectivity index (χ1v) is 12.2. The van der Waals surface area contributed by atoms with Crippen LogP contribution in [0.2, 0.25) is 0 Å². The maximum atomic E-state index is 14.4. The highest BCUT2D eigenvalue weighted by molar-refractivity contribution is 5.75. The zero-order valence-corrected chi connectivity index (χ0v) is 19.0. The lowest BCUT2D eigenvalue weighted by atomic mass is 9.80. The van der Waals surface area contributed by atoms with Crippen LogP contribution in [-0.4, -0.2) is 5.97 Å². The standard InChI is InChI=1S/C26H40F2O2/c1-3-5-7-8-9-11-13-21-18-19-23(25(28)24(21)27)30-26(29)22-16-14-20(15-17-22)12-10-6-4-2/h18-20,22H,3-17H2,1-2H3/t20-,22-. The molecule has 0 radical (unpaired) electrons. The highest BCUT2D eigenvalue weighted by Crippen LogP contribution is 2.33. The van der Waals surface area contributed by atoms with Crippen molar-refractivity contribution in [1.29, 1.82) is 0 Å². The highest BCUT2D eigenvalue weighted by Gasteiger charge is 2.28. The predicted molar refractivity (Wildman–Crippen MR) is 119 cm³/mol. The molecule has 0 heterocycles. The van der Waals surface area contributed by atoms with Crippen molar-refractivity contribution in [3.05, 3.63) is 29.3 Å². The van der Waals surface area contributed by atoms with Gasteiger partial charge in [-0.3, -0.25) is 4.79 Å². The average Bonchev–Trinajstić information content (AvgIpc) is 2.76. The average molecular weight is 423 g/mol. The number of carbonyl (C=O) groups excluding carboxylic acids is 1. The number of hydrogen-bond donors (Lipinski definition) is 0. The number of esters is 1. The van der Waals surface area contributed by atoms with Crippen molar-refractivity contribution < 1.29 is 18.3 Å². The molecule has 30 heavy (non-hydrogen) atoms. The summed E-state index contributed by atoms with van der Waals surface area (Å²) >= 11 is 0. The van der Waals surface area contributed by atoms with Crippen molar-refractivity contribution >= 4 is 5.97 Å². The summed E-state index contributed by atoms with van der Waals surface area (Å²) in [5.41, 5.74) is 0.371. The SMILES string of the molecule is CCCCCCCCc1ccc(OC(=O)[C@H]2CC[C@H](CCCCC)CC2)c(F)c1F. The Morgan fingerprint density at radius 1 is 0.867 bits per heavy atom. The first-order chi connectivity index (χ1) is 14.6. The molecule has 1 aliphatic carbocycles. The van der Waals surface area contributed by atoms with Gasteiger partial charge in [-0.15, -0.1) is 0 Å². The van der Waals surface area contributed by atoms with Crippen LogP contribution in [0.1, 0.15) is 109 Å². The molecule has 1 saturated carbocycles. The van der Waals surface area contributed by atoms with Crippen LogP contribution in [0.25, 0.3) is 0 Å². The molecule has 0 atom stereocenters. The second-order valence-electron chi connectivity index (χ2n) is 9.00. The third-order valence-corrected chi connectivity index (χ3v) is 6.53. The second-order valence-corrected chi connectivity index (χ2v) is 9.00. The van der Waals surface area contributed by atoms with Gasteiger partial charge in [-0.1, -0.05) is 77.7 Å². The van der Waals surface area contributed by atoms with E-state index in [2.05, 4.69) is 13.8 Å². The molecule has 0 unspecified atom stereocenters. The summed E-state index contributed by atoms with van der Waals surface area (Å²) in [4.78, 5) is 12.5. The van der Waals surface area contributed by atoms with E-state index in [0.29, 0.717) is 17.9 Å². The van der Waals surface area contributed by atoms with Gasteiger partial charge in [0, 0.05) is 0 Å². The number of aryl methyl sites for hydroxylation is 1. The van der Waals surface area contributed by atoms with Gasteiger partial charge in [0.2, 0.25) is 5.82 Å². The zero-order valence-electron chi connectivity index (χ0n) is 19.0. The minimum atomic E-state index is -1.03. The first kappa shape index (κ1) is 24.8. The molecule has 0 amide bonds. The molecule has 1 fully saturated rings. The van der Waals surface area contributed by atoms with E-state index in [4.69, 9.17) is 4.74 Å². The molecule has 0 N–H and O–H groups in total. The maximum absolute atomic E-state index is 14.4. The molecule has 4 heteroatoms. The molecule has 0 aromatic heterocycles. The molecule has 2 rings (SSSR count). The van der Waals surface area contributed by atoms with Crippen molar-refractivity contribution in [1.82, 2.24) is 0 Å². The van der Waals surface area contributed by atoms with Crippen LogP contribution >= 0.6 is 0 Å². The Morgan fingerprint density at radius 2 is 1.50 bits per heavy atom. The van der Waals surface area contributed by atoms with Crippen molar-refractivity contribution in [2.75, 3.05) is 0 Å². The Labute approximate surface area is 181 Å².